The van der Waals surface area contributed by atoms with E-state index in [9.17, 15) is 0 Å². The Morgan fingerprint density at radius 2 is 0.946 bits per heavy atom. The molecule has 0 N–H and O–H groups in total. The average Bonchev–Trinajstić information content (AvgIpc) is 2.75. The smallest absolute Gasteiger partial charge is 0.128 e. The minimum absolute atomic E-state index is 0. The summed E-state index contributed by atoms with van der Waals surface area (Å²) in [5, 5.41) is 0. The lowest BCUT2D eigenvalue weighted by Gasteiger charge is -2.27. The summed E-state index contributed by atoms with van der Waals surface area (Å²) < 4.78 is 8.20. The summed E-state index contributed by atoms with van der Waals surface area (Å²) in [6.45, 7) is 5.17. The molecular weight excluding hydrogens is 588 g/mol. The molecule has 37 heavy (non-hydrogen) atoms. The molecule has 0 radical (unpaired) electrons. The van der Waals surface area contributed by atoms with Gasteiger partial charge in [0.15, 0.2) is 0 Å². The van der Waals surface area contributed by atoms with Crippen LogP contribution in [0.3, 0.4) is 0 Å². The van der Waals surface area contributed by atoms with Gasteiger partial charge in [0.05, 0.1) is 48.9 Å². The molecule has 220 valence electrons. The first-order valence-corrected chi connectivity index (χ1v) is 15.0. The molecule has 0 fully saturated rings. The number of hydrogen-bond donors (Lipinski definition) is 0. The van der Waals surface area contributed by atoms with E-state index < -0.39 is 0 Å². The van der Waals surface area contributed by atoms with Crippen molar-refractivity contribution in [2.24, 2.45) is 0 Å². The summed E-state index contributed by atoms with van der Waals surface area (Å²) in [4.78, 5) is 0. The maximum Gasteiger partial charge on any atom is 0.128 e. The van der Waals surface area contributed by atoms with E-state index >= 15 is 0 Å². The van der Waals surface area contributed by atoms with Crippen LogP contribution in [0.1, 0.15) is 121 Å². The zero-order chi connectivity index (χ0) is 26.0. The first-order chi connectivity index (χ1) is 16.6. The van der Waals surface area contributed by atoms with E-state index in [4.69, 9.17) is 4.74 Å². The SMILES string of the molecule is CCCCCCCCCCCCCCCCCCOc1cc(C[N+](C)(C)C)ccc1C[N+](C)(C)C.[Br-].[Br-]. The van der Waals surface area contributed by atoms with E-state index in [1.54, 1.807) is 0 Å². The van der Waals surface area contributed by atoms with Crippen molar-refractivity contribution in [1.29, 1.82) is 0 Å². The molecule has 0 amide bonds. The van der Waals surface area contributed by atoms with Gasteiger partial charge in [-0.1, -0.05) is 109 Å². The van der Waals surface area contributed by atoms with Crippen LogP contribution in [0.25, 0.3) is 0 Å². The molecule has 3 nitrogen and oxygen atoms in total. The lowest BCUT2D eigenvalue weighted by molar-refractivity contribution is -0.884. The fourth-order valence-electron chi connectivity index (χ4n) is 4.85. The zero-order valence-electron chi connectivity index (χ0n) is 25.7. The summed E-state index contributed by atoms with van der Waals surface area (Å²) in [5.74, 6) is 1.10. The molecule has 0 atom stereocenters. The number of quaternary nitrogens is 2. The maximum absolute atomic E-state index is 6.34. The van der Waals surface area contributed by atoms with Gasteiger partial charge in [0, 0.05) is 11.1 Å². The molecule has 5 heteroatoms. The van der Waals surface area contributed by atoms with Crippen LogP contribution in [0.5, 0.6) is 5.75 Å². The van der Waals surface area contributed by atoms with Gasteiger partial charge in [-0.25, -0.2) is 0 Å². The third kappa shape index (κ3) is 23.5. The monoisotopic (exact) mass is 648 g/mol. The minimum atomic E-state index is 0. The Balaban J connectivity index is 0. The molecule has 0 aliphatic carbocycles. The zero-order valence-corrected chi connectivity index (χ0v) is 28.9. The van der Waals surface area contributed by atoms with E-state index in [-0.39, 0.29) is 34.0 Å². The van der Waals surface area contributed by atoms with Crippen LogP contribution in [0.2, 0.25) is 0 Å². The summed E-state index contributed by atoms with van der Waals surface area (Å²) in [6.07, 6.45) is 22.5. The number of ether oxygens (including phenoxy) is 1. The molecule has 0 aliphatic heterocycles. The molecule has 1 aromatic carbocycles. The largest absolute Gasteiger partial charge is 1.00 e. The van der Waals surface area contributed by atoms with Gasteiger partial charge in [-0.15, -0.1) is 0 Å². The van der Waals surface area contributed by atoms with Crippen molar-refractivity contribution >= 4 is 0 Å². The molecule has 0 bridgehead atoms. The number of nitrogens with zero attached hydrogens (tertiary/aromatic N) is 2. The molecule has 1 rings (SSSR count). The molecular formula is C32H62Br2N2O. The van der Waals surface area contributed by atoms with Crippen LogP contribution in [-0.4, -0.2) is 57.9 Å². The van der Waals surface area contributed by atoms with Gasteiger partial charge in [-0.3, -0.25) is 0 Å². The van der Waals surface area contributed by atoms with Crippen LogP contribution < -0.4 is 38.7 Å². The Kier molecular flexibility index (Phi) is 23.9. The topological polar surface area (TPSA) is 9.23 Å². The highest BCUT2D eigenvalue weighted by atomic mass is 79.9. The highest BCUT2D eigenvalue weighted by Gasteiger charge is 2.16. The quantitative estimate of drug-likeness (QED) is 0.139. The van der Waals surface area contributed by atoms with Crippen LogP contribution in [0, 0.1) is 0 Å². The first kappa shape index (κ1) is 39.0. The Morgan fingerprint density at radius 3 is 1.35 bits per heavy atom. The summed E-state index contributed by atoms with van der Waals surface area (Å²) >= 11 is 0. The van der Waals surface area contributed by atoms with Crippen molar-refractivity contribution in [3.63, 3.8) is 0 Å². The van der Waals surface area contributed by atoms with Gasteiger partial charge >= 0.3 is 0 Å². The van der Waals surface area contributed by atoms with Gasteiger partial charge in [-0.2, -0.15) is 0 Å². The lowest BCUT2D eigenvalue weighted by atomic mass is 10.0. The average molecular weight is 651 g/mol. The second kappa shape index (κ2) is 22.7. The number of rotatable bonds is 22. The normalized spacial score (nSPS) is 11.6. The molecule has 0 aromatic heterocycles. The number of benzene rings is 1. The minimum Gasteiger partial charge on any atom is -1.00 e. The highest BCUT2D eigenvalue weighted by Crippen LogP contribution is 2.25. The molecule has 0 spiro atoms. The third-order valence-corrected chi connectivity index (χ3v) is 6.69. The number of hydrogen-bond acceptors (Lipinski definition) is 1. The van der Waals surface area contributed by atoms with Crippen molar-refractivity contribution in [3.05, 3.63) is 29.3 Å². The molecule has 0 heterocycles. The fraction of sp³-hybridized carbons (Fsp3) is 0.812. The lowest BCUT2D eigenvalue weighted by Crippen LogP contribution is -3.00. The summed E-state index contributed by atoms with van der Waals surface area (Å²) in [7, 11) is 13.5. The third-order valence-electron chi connectivity index (χ3n) is 6.69. The van der Waals surface area contributed by atoms with E-state index in [1.165, 1.54) is 114 Å². The van der Waals surface area contributed by atoms with Crippen LogP contribution >= 0.6 is 0 Å². The number of halogens is 2. The second-order valence-electron chi connectivity index (χ2n) is 13.0. The van der Waals surface area contributed by atoms with Crippen molar-refractivity contribution in [2.75, 3.05) is 48.9 Å². The van der Waals surface area contributed by atoms with Gasteiger partial charge in [-0.05, 0) is 18.6 Å². The van der Waals surface area contributed by atoms with E-state index in [1.807, 2.05) is 0 Å². The molecule has 0 saturated carbocycles. The Bertz CT molecular complexity index is 653. The van der Waals surface area contributed by atoms with E-state index in [0.29, 0.717) is 0 Å². The summed E-state index contributed by atoms with van der Waals surface area (Å²) in [6, 6.07) is 6.87. The second-order valence-corrected chi connectivity index (χ2v) is 13.0. The van der Waals surface area contributed by atoms with Gasteiger partial charge in [0.25, 0.3) is 0 Å². The van der Waals surface area contributed by atoms with Crippen LogP contribution in [-0.2, 0) is 13.1 Å². The van der Waals surface area contributed by atoms with Crippen molar-refractivity contribution < 1.29 is 47.7 Å². The predicted octanol–water partition coefficient (Wildman–Crippen LogP) is 2.75. The van der Waals surface area contributed by atoms with Crippen molar-refractivity contribution in [1.82, 2.24) is 0 Å². The fourth-order valence-corrected chi connectivity index (χ4v) is 4.85. The van der Waals surface area contributed by atoms with Gasteiger partial charge in [0.1, 0.15) is 18.8 Å². The highest BCUT2D eigenvalue weighted by molar-refractivity contribution is 5.37. The first-order valence-electron chi connectivity index (χ1n) is 15.0. The van der Waals surface area contributed by atoms with Gasteiger partial charge < -0.3 is 47.7 Å². The number of unbranched alkanes of at least 4 members (excludes halogenated alkanes) is 15. The van der Waals surface area contributed by atoms with Crippen molar-refractivity contribution in [3.8, 4) is 5.75 Å². The molecule has 0 saturated heterocycles. The summed E-state index contributed by atoms with van der Waals surface area (Å²) in [5.41, 5.74) is 2.70. The Labute approximate surface area is 253 Å². The standard InChI is InChI=1S/C32H62N2O.2BrH/c1-8-9-10-11-12-13-14-15-16-17-18-19-20-21-22-23-26-35-32-27-30(28-33(2,3)4)24-25-31(32)29-34(5,6)7;;/h24-25,27H,8-23,26,28-29H2,1-7H3;2*1H/q+2;;/p-2. The van der Waals surface area contributed by atoms with Crippen LogP contribution in [0.15, 0.2) is 18.2 Å². The Hall–Kier alpha value is -0.100. The van der Waals surface area contributed by atoms with Crippen molar-refractivity contribution in [2.45, 2.75) is 123 Å². The van der Waals surface area contributed by atoms with Gasteiger partial charge in [0.2, 0.25) is 0 Å². The Morgan fingerprint density at radius 1 is 0.541 bits per heavy atom. The molecule has 1 aromatic rings. The van der Waals surface area contributed by atoms with Crippen LogP contribution in [0.4, 0.5) is 0 Å². The van der Waals surface area contributed by atoms with E-state index in [2.05, 4.69) is 67.4 Å². The maximum atomic E-state index is 6.34. The predicted molar refractivity (Wildman–Crippen MR) is 155 cm³/mol. The molecule has 0 unspecified atom stereocenters. The molecule has 0 aliphatic rings. The van der Waals surface area contributed by atoms with E-state index in [0.717, 1.165) is 34.4 Å².